The number of nitrogens with zero attached hydrogens (tertiary/aromatic N) is 6. The van der Waals surface area contributed by atoms with Gasteiger partial charge in [0.2, 0.25) is 0 Å². The molecular formula is C19H26N6O. The van der Waals surface area contributed by atoms with Crippen molar-refractivity contribution in [3.8, 4) is 6.07 Å². The Morgan fingerprint density at radius 1 is 1.42 bits per heavy atom. The van der Waals surface area contributed by atoms with Crippen molar-refractivity contribution < 1.29 is 4.79 Å². The Morgan fingerprint density at radius 3 is 2.81 bits per heavy atom. The second-order valence-corrected chi connectivity index (χ2v) is 7.23. The van der Waals surface area contributed by atoms with E-state index in [4.69, 9.17) is 5.26 Å². The molecule has 1 fully saturated rings. The van der Waals surface area contributed by atoms with Crippen LogP contribution >= 0.6 is 0 Å². The Bertz CT molecular complexity index is 829. The highest BCUT2D eigenvalue weighted by Gasteiger charge is 2.34. The van der Waals surface area contributed by atoms with Crippen molar-refractivity contribution in [2.45, 2.75) is 18.9 Å². The lowest BCUT2D eigenvalue weighted by molar-refractivity contribution is 0.0623. The normalized spacial score (nSPS) is 20.7. The molecule has 0 N–H and O–H groups in total. The Balaban J connectivity index is 1.79. The van der Waals surface area contributed by atoms with Crippen LogP contribution in [0.25, 0.3) is 0 Å². The van der Waals surface area contributed by atoms with Crippen molar-refractivity contribution in [2.75, 3.05) is 27.2 Å². The van der Waals surface area contributed by atoms with Gasteiger partial charge in [-0.1, -0.05) is 0 Å². The molecule has 0 radical (unpaired) electrons. The van der Waals surface area contributed by atoms with Crippen molar-refractivity contribution in [3.63, 3.8) is 0 Å². The molecule has 138 valence electrons. The first-order chi connectivity index (χ1) is 12.4. The van der Waals surface area contributed by atoms with E-state index >= 15 is 0 Å². The summed E-state index contributed by atoms with van der Waals surface area (Å²) in [5, 5.41) is 13.4. The lowest BCUT2D eigenvalue weighted by Crippen LogP contribution is -2.43. The summed E-state index contributed by atoms with van der Waals surface area (Å²) in [4.78, 5) is 17.0. The summed E-state index contributed by atoms with van der Waals surface area (Å²) < 4.78 is 3.65. The number of amides is 1. The molecule has 0 bridgehead atoms. The maximum absolute atomic E-state index is 12.9. The number of carbonyl (C=O) groups is 1. The summed E-state index contributed by atoms with van der Waals surface area (Å²) in [6, 6.07) is 6.06. The van der Waals surface area contributed by atoms with Crippen LogP contribution in [0.2, 0.25) is 0 Å². The third kappa shape index (κ3) is 3.37. The van der Waals surface area contributed by atoms with E-state index in [-0.39, 0.29) is 11.9 Å². The molecule has 26 heavy (non-hydrogen) atoms. The summed E-state index contributed by atoms with van der Waals surface area (Å²) in [6.45, 7) is 1.72. The fourth-order valence-corrected chi connectivity index (χ4v) is 4.06. The van der Waals surface area contributed by atoms with E-state index in [9.17, 15) is 4.79 Å². The van der Waals surface area contributed by atoms with Gasteiger partial charge >= 0.3 is 0 Å². The first-order valence-electron chi connectivity index (χ1n) is 8.92. The average Bonchev–Trinajstić information content (AvgIpc) is 3.20. The highest BCUT2D eigenvalue weighted by atomic mass is 16.2. The molecule has 1 aliphatic heterocycles. The van der Waals surface area contributed by atoms with Crippen LogP contribution in [0.5, 0.6) is 0 Å². The van der Waals surface area contributed by atoms with Crippen molar-refractivity contribution in [3.05, 3.63) is 41.5 Å². The maximum atomic E-state index is 12.9. The second kappa shape index (κ2) is 7.34. The van der Waals surface area contributed by atoms with Crippen LogP contribution < -0.4 is 0 Å². The highest BCUT2D eigenvalue weighted by molar-refractivity contribution is 5.93. The number of aromatic nitrogens is 3. The van der Waals surface area contributed by atoms with Crippen LogP contribution in [-0.4, -0.2) is 57.2 Å². The lowest BCUT2D eigenvalue weighted by Gasteiger charge is -2.40. The van der Waals surface area contributed by atoms with E-state index in [1.165, 1.54) is 5.69 Å². The zero-order chi connectivity index (χ0) is 18.8. The molecule has 1 saturated heterocycles. The van der Waals surface area contributed by atoms with Crippen LogP contribution in [-0.2, 0) is 14.1 Å². The molecule has 1 aliphatic rings. The highest BCUT2D eigenvalue weighted by Crippen LogP contribution is 2.35. The number of rotatable bonds is 4. The Hall–Kier alpha value is -2.59. The summed E-state index contributed by atoms with van der Waals surface area (Å²) in [6.07, 6.45) is 5.72. The third-order valence-corrected chi connectivity index (χ3v) is 5.38. The summed E-state index contributed by atoms with van der Waals surface area (Å²) in [5.41, 5.74) is 2.24. The maximum Gasteiger partial charge on any atom is 0.270 e. The fraction of sp³-hybridized carbons (Fsp3) is 0.526. The largest absolute Gasteiger partial charge is 0.345 e. The molecule has 0 aliphatic carbocycles. The van der Waals surface area contributed by atoms with Gasteiger partial charge in [-0.05, 0) is 44.5 Å². The van der Waals surface area contributed by atoms with E-state index in [0.717, 1.165) is 19.4 Å². The smallest absolute Gasteiger partial charge is 0.270 e. The fourth-order valence-electron chi connectivity index (χ4n) is 4.06. The molecule has 2 aromatic heterocycles. The zero-order valence-electron chi connectivity index (χ0n) is 15.9. The zero-order valence-corrected chi connectivity index (χ0v) is 15.9. The third-order valence-electron chi connectivity index (χ3n) is 5.38. The Labute approximate surface area is 154 Å². The molecule has 3 heterocycles. The van der Waals surface area contributed by atoms with Gasteiger partial charge in [-0.2, -0.15) is 10.4 Å². The molecule has 0 saturated carbocycles. The average molecular weight is 354 g/mol. The van der Waals surface area contributed by atoms with Gasteiger partial charge in [0, 0.05) is 40.1 Å². The molecule has 7 heteroatoms. The lowest BCUT2D eigenvalue weighted by atomic mass is 9.87. The van der Waals surface area contributed by atoms with Gasteiger partial charge in [-0.25, -0.2) is 0 Å². The standard InChI is InChI=1S/C19H26N6O/c1-22-9-5-6-15(18(22)16-7-8-21-25(16)4)13-24(3)19(26)17-10-14(11-20)12-23(17)2/h7-8,10,12,15,18H,5-6,9,13H2,1-4H3/t15-,18+/m0/s1. The quantitative estimate of drug-likeness (QED) is 0.839. The number of hydrogen-bond donors (Lipinski definition) is 0. The first kappa shape index (κ1) is 18.2. The van der Waals surface area contributed by atoms with Gasteiger partial charge in [-0.3, -0.25) is 14.4 Å². The summed E-state index contributed by atoms with van der Waals surface area (Å²) in [5.74, 6) is 0.291. The molecule has 2 aromatic rings. The number of aryl methyl sites for hydroxylation is 2. The predicted molar refractivity (Wildman–Crippen MR) is 98.4 cm³/mol. The van der Waals surface area contributed by atoms with Crippen molar-refractivity contribution in [2.24, 2.45) is 20.0 Å². The summed E-state index contributed by atoms with van der Waals surface area (Å²) in [7, 11) is 7.75. The number of piperidine rings is 1. The van der Waals surface area contributed by atoms with Crippen LogP contribution in [0.3, 0.4) is 0 Å². The van der Waals surface area contributed by atoms with Crippen LogP contribution in [0.15, 0.2) is 24.5 Å². The van der Waals surface area contributed by atoms with E-state index < -0.39 is 0 Å². The molecule has 2 atom stereocenters. The minimum absolute atomic E-state index is 0.0500. The SMILES string of the molecule is CN(C[C@@H]1CCCN(C)[C@H]1c1ccnn1C)C(=O)c1cc(C#N)cn1C. The monoisotopic (exact) mass is 354 g/mol. The minimum atomic E-state index is -0.0500. The van der Waals surface area contributed by atoms with Gasteiger partial charge in [-0.15, -0.1) is 0 Å². The van der Waals surface area contributed by atoms with Crippen LogP contribution in [0, 0.1) is 17.2 Å². The van der Waals surface area contributed by atoms with E-state index in [2.05, 4.69) is 29.2 Å². The van der Waals surface area contributed by atoms with Gasteiger partial charge in [0.1, 0.15) is 11.8 Å². The van der Waals surface area contributed by atoms with E-state index in [1.807, 2.05) is 25.0 Å². The predicted octanol–water partition coefficient (Wildman–Crippen LogP) is 1.79. The Morgan fingerprint density at radius 2 is 2.19 bits per heavy atom. The molecule has 0 aromatic carbocycles. The molecule has 1 amide bonds. The first-order valence-corrected chi connectivity index (χ1v) is 8.92. The number of carbonyl (C=O) groups excluding carboxylic acids is 1. The minimum Gasteiger partial charge on any atom is -0.345 e. The Kier molecular flexibility index (Phi) is 5.14. The van der Waals surface area contributed by atoms with Crippen molar-refractivity contribution >= 4 is 5.91 Å². The van der Waals surface area contributed by atoms with Crippen LogP contribution in [0.1, 0.15) is 40.6 Å². The molecule has 0 spiro atoms. The number of hydrogen-bond acceptors (Lipinski definition) is 4. The van der Waals surface area contributed by atoms with E-state index in [1.54, 1.807) is 28.8 Å². The van der Waals surface area contributed by atoms with E-state index in [0.29, 0.717) is 23.7 Å². The van der Waals surface area contributed by atoms with Gasteiger partial charge in [0.25, 0.3) is 5.91 Å². The van der Waals surface area contributed by atoms with Gasteiger partial charge in [0.05, 0.1) is 17.3 Å². The number of likely N-dealkylation sites (tertiary alicyclic amines) is 1. The molecule has 3 rings (SSSR count). The number of nitriles is 1. The molecular weight excluding hydrogens is 328 g/mol. The second-order valence-electron chi connectivity index (χ2n) is 7.23. The van der Waals surface area contributed by atoms with Crippen LogP contribution in [0.4, 0.5) is 0 Å². The molecule has 7 nitrogen and oxygen atoms in total. The van der Waals surface area contributed by atoms with Gasteiger partial charge in [0.15, 0.2) is 0 Å². The molecule has 0 unspecified atom stereocenters. The van der Waals surface area contributed by atoms with Crippen molar-refractivity contribution in [1.29, 1.82) is 5.26 Å². The van der Waals surface area contributed by atoms with Gasteiger partial charge < -0.3 is 9.47 Å². The van der Waals surface area contributed by atoms with Crippen molar-refractivity contribution in [1.82, 2.24) is 24.1 Å². The summed E-state index contributed by atoms with van der Waals surface area (Å²) >= 11 is 0. The topological polar surface area (TPSA) is 70.1 Å².